The van der Waals surface area contributed by atoms with E-state index in [1.165, 1.54) is 40.6 Å². The van der Waals surface area contributed by atoms with E-state index >= 15 is 0 Å². The van der Waals surface area contributed by atoms with E-state index < -0.39 is 0 Å². The Hall–Kier alpha value is -1.45. The number of rotatable bonds is 2. The summed E-state index contributed by atoms with van der Waals surface area (Å²) in [6.07, 6.45) is 2.64. The Balaban J connectivity index is 1.70. The van der Waals surface area contributed by atoms with E-state index in [1.54, 1.807) is 0 Å². The van der Waals surface area contributed by atoms with Crippen LogP contribution in [0.25, 0.3) is 0 Å². The van der Waals surface area contributed by atoms with Gasteiger partial charge in [0.05, 0.1) is 11.4 Å². The Morgan fingerprint density at radius 2 is 1.67 bits per heavy atom. The predicted octanol–water partition coefficient (Wildman–Crippen LogP) is 4.29. The zero-order chi connectivity index (χ0) is 14.1. The van der Waals surface area contributed by atoms with E-state index in [0.717, 1.165) is 19.0 Å². The molecule has 3 heteroatoms. The average molecular weight is 296 g/mol. The van der Waals surface area contributed by atoms with Crippen molar-refractivity contribution in [2.24, 2.45) is 5.92 Å². The molecule has 2 heterocycles. The van der Waals surface area contributed by atoms with Gasteiger partial charge < -0.3 is 10.2 Å². The predicted molar refractivity (Wildman–Crippen MR) is 89.6 cm³/mol. The molecule has 0 aromatic heterocycles. The van der Waals surface area contributed by atoms with E-state index in [9.17, 15) is 0 Å². The van der Waals surface area contributed by atoms with Crippen molar-refractivity contribution in [3.63, 3.8) is 0 Å². The van der Waals surface area contributed by atoms with Crippen molar-refractivity contribution >= 4 is 23.1 Å². The molecule has 0 aliphatic carbocycles. The van der Waals surface area contributed by atoms with Crippen molar-refractivity contribution in [3.05, 3.63) is 48.5 Å². The number of para-hydroxylation sites is 2. The summed E-state index contributed by atoms with van der Waals surface area (Å²) in [5.41, 5.74) is 2.73. The van der Waals surface area contributed by atoms with Crippen LogP contribution in [0.2, 0.25) is 0 Å². The summed E-state index contributed by atoms with van der Waals surface area (Å²) in [7, 11) is 0. The van der Waals surface area contributed by atoms with Gasteiger partial charge in [0.1, 0.15) is 0 Å². The first kappa shape index (κ1) is 13.2. The van der Waals surface area contributed by atoms with Crippen LogP contribution in [0, 0.1) is 5.92 Å². The third-order valence-corrected chi connectivity index (χ3v) is 5.50. The molecule has 4 rings (SSSR count). The summed E-state index contributed by atoms with van der Waals surface area (Å²) in [5, 5.41) is 3.54. The van der Waals surface area contributed by atoms with E-state index in [0.29, 0.717) is 0 Å². The number of piperidine rings is 1. The smallest absolute Gasteiger partial charge is 0.0552 e. The highest BCUT2D eigenvalue weighted by Gasteiger charge is 2.25. The molecule has 0 spiro atoms. The maximum atomic E-state index is 3.54. The topological polar surface area (TPSA) is 15.3 Å². The number of hydrogen-bond donors (Lipinski definition) is 1. The van der Waals surface area contributed by atoms with Crippen molar-refractivity contribution in [2.45, 2.75) is 22.6 Å². The van der Waals surface area contributed by atoms with E-state index in [1.807, 2.05) is 11.8 Å². The number of nitrogens with one attached hydrogen (secondary N) is 1. The molecule has 2 aliphatic rings. The van der Waals surface area contributed by atoms with Gasteiger partial charge in [0.2, 0.25) is 0 Å². The highest BCUT2D eigenvalue weighted by molar-refractivity contribution is 7.99. The van der Waals surface area contributed by atoms with Gasteiger partial charge in [-0.05, 0) is 56.1 Å². The number of fused-ring (bicyclic) bond motifs is 2. The molecule has 0 saturated carbocycles. The van der Waals surface area contributed by atoms with E-state index in [4.69, 9.17) is 0 Å². The SMILES string of the molecule is c1ccc2c(c1)Sc1ccccc1N2C[C@@H]1CCCNC1. The lowest BCUT2D eigenvalue weighted by Crippen LogP contribution is -2.37. The monoisotopic (exact) mass is 296 g/mol. The lowest BCUT2D eigenvalue weighted by Gasteiger charge is -2.36. The van der Waals surface area contributed by atoms with Crippen LogP contribution in [0.1, 0.15) is 12.8 Å². The molecular formula is C18H20N2S. The standard InChI is InChI=1S/C18H20N2S/c1-3-9-17-15(7-1)20(13-14-6-5-11-19-12-14)16-8-2-4-10-18(16)21-17/h1-4,7-10,14,19H,5-6,11-13H2/t14-/m1/s1. The average Bonchev–Trinajstić information content (AvgIpc) is 2.55. The van der Waals surface area contributed by atoms with Crippen LogP contribution in [0.4, 0.5) is 11.4 Å². The second-order valence-corrected chi connectivity index (χ2v) is 6.94. The van der Waals surface area contributed by atoms with Crippen LogP contribution < -0.4 is 10.2 Å². The molecule has 2 nitrogen and oxygen atoms in total. The molecule has 0 amide bonds. The maximum absolute atomic E-state index is 3.54. The largest absolute Gasteiger partial charge is 0.339 e. The van der Waals surface area contributed by atoms with Crippen molar-refractivity contribution in [1.82, 2.24) is 5.32 Å². The summed E-state index contributed by atoms with van der Waals surface area (Å²) in [6, 6.07) is 17.6. The fourth-order valence-corrected chi connectivity index (χ4v) is 4.41. The van der Waals surface area contributed by atoms with Gasteiger partial charge >= 0.3 is 0 Å². The van der Waals surface area contributed by atoms with Crippen LogP contribution in [-0.2, 0) is 0 Å². The molecule has 0 bridgehead atoms. The van der Waals surface area contributed by atoms with Crippen molar-refractivity contribution < 1.29 is 0 Å². The summed E-state index contributed by atoms with van der Waals surface area (Å²) >= 11 is 1.89. The highest BCUT2D eigenvalue weighted by Crippen LogP contribution is 2.48. The van der Waals surface area contributed by atoms with Crippen molar-refractivity contribution in [2.75, 3.05) is 24.5 Å². The van der Waals surface area contributed by atoms with Gasteiger partial charge in [-0.15, -0.1) is 0 Å². The summed E-state index contributed by atoms with van der Waals surface area (Å²) in [6.45, 7) is 3.44. The molecule has 2 aromatic carbocycles. The third kappa shape index (κ3) is 2.56. The van der Waals surface area contributed by atoms with Crippen LogP contribution in [0.5, 0.6) is 0 Å². The molecule has 108 valence electrons. The summed E-state index contributed by atoms with van der Waals surface area (Å²) < 4.78 is 0. The van der Waals surface area contributed by atoms with Crippen LogP contribution in [0.15, 0.2) is 58.3 Å². The fourth-order valence-electron chi connectivity index (χ4n) is 3.32. The fraction of sp³-hybridized carbons (Fsp3) is 0.333. The zero-order valence-electron chi connectivity index (χ0n) is 12.1. The van der Waals surface area contributed by atoms with E-state index in [-0.39, 0.29) is 0 Å². The van der Waals surface area contributed by atoms with E-state index in [2.05, 4.69) is 58.7 Å². The summed E-state index contributed by atoms with van der Waals surface area (Å²) in [5.74, 6) is 0.739. The Labute approximate surface area is 130 Å². The quantitative estimate of drug-likeness (QED) is 0.890. The highest BCUT2D eigenvalue weighted by atomic mass is 32.2. The minimum absolute atomic E-state index is 0.739. The molecule has 1 fully saturated rings. The lowest BCUT2D eigenvalue weighted by molar-refractivity contribution is 0.383. The van der Waals surface area contributed by atoms with Gasteiger partial charge in [0.15, 0.2) is 0 Å². The van der Waals surface area contributed by atoms with Gasteiger partial charge in [-0.25, -0.2) is 0 Å². The van der Waals surface area contributed by atoms with Crippen molar-refractivity contribution in [3.8, 4) is 0 Å². The Kier molecular flexibility index (Phi) is 3.62. The molecule has 2 aliphatic heterocycles. The molecule has 0 unspecified atom stereocenters. The molecule has 1 atom stereocenters. The van der Waals surface area contributed by atoms with Gasteiger partial charge in [-0.2, -0.15) is 0 Å². The van der Waals surface area contributed by atoms with Gasteiger partial charge in [0.25, 0.3) is 0 Å². The second-order valence-electron chi connectivity index (χ2n) is 5.86. The van der Waals surface area contributed by atoms with Crippen LogP contribution in [0.3, 0.4) is 0 Å². The first-order chi connectivity index (χ1) is 10.4. The maximum Gasteiger partial charge on any atom is 0.0552 e. The van der Waals surface area contributed by atoms with Gasteiger partial charge in [0, 0.05) is 16.3 Å². The number of anilines is 2. The first-order valence-electron chi connectivity index (χ1n) is 7.76. The Morgan fingerprint density at radius 1 is 1.00 bits per heavy atom. The van der Waals surface area contributed by atoms with Gasteiger partial charge in [-0.3, -0.25) is 0 Å². The molecule has 2 aromatic rings. The molecular weight excluding hydrogens is 276 g/mol. The number of benzene rings is 2. The summed E-state index contributed by atoms with van der Waals surface area (Å²) in [4.78, 5) is 5.28. The number of nitrogens with zero attached hydrogens (tertiary/aromatic N) is 1. The van der Waals surface area contributed by atoms with Gasteiger partial charge in [-0.1, -0.05) is 36.0 Å². The minimum atomic E-state index is 0.739. The molecule has 0 radical (unpaired) electrons. The minimum Gasteiger partial charge on any atom is -0.339 e. The van der Waals surface area contributed by atoms with Crippen LogP contribution in [-0.4, -0.2) is 19.6 Å². The molecule has 1 N–H and O–H groups in total. The second kappa shape index (κ2) is 5.74. The normalized spacial score (nSPS) is 20.8. The Morgan fingerprint density at radius 3 is 2.29 bits per heavy atom. The van der Waals surface area contributed by atoms with Crippen LogP contribution >= 0.6 is 11.8 Å². The first-order valence-corrected chi connectivity index (χ1v) is 8.57. The molecule has 21 heavy (non-hydrogen) atoms. The van der Waals surface area contributed by atoms with Crippen molar-refractivity contribution in [1.29, 1.82) is 0 Å². The zero-order valence-corrected chi connectivity index (χ0v) is 12.9. The Bertz CT molecular complexity index is 589. The molecule has 1 saturated heterocycles. The number of hydrogen-bond acceptors (Lipinski definition) is 3. The lowest BCUT2D eigenvalue weighted by atomic mass is 9.98. The third-order valence-electron chi connectivity index (χ3n) is 4.37.